The van der Waals surface area contributed by atoms with Crippen molar-refractivity contribution in [1.82, 2.24) is 10.2 Å². The Labute approximate surface area is 157 Å². The lowest BCUT2D eigenvalue weighted by Crippen LogP contribution is -2.51. The van der Waals surface area contributed by atoms with E-state index in [0.29, 0.717) is 26.0 Å². The summed E-state index contributed by atoms with van der Waals surface area (Å²) in [6, 6.07) is 8.20. The predicted octanol–water partition coefficient (Wildman–Crippen LogP) is 1.58. The van der Waals surface area contributed by atoms with Crippen LogP contribution in [0.1, 0.15) is 31.7 Å². The van der Waals surface area contributed by atoms with Gasteiger partial charge in [-0.15, -0.1) is 0 Å². The first-order valence-electron chi connectivity index (χ1n) is 9.17. The molecule has 0 radical (unpaired) electrons. The Balaban J connectivity index is 1.55. The van der Waals surface area contributed by atoms with E-state index in [4.69, 9.17) is 14.2 Å². The molecular weight excluding hydrogens is 352 g/mol. The lowest BCUT2D eigenvalue weighted by molar-refractivity contribution is -0.164. The minimum atomic E-state index is -0.786. The van der Waals surface area contributed by atoms with Crippen LogP contribution in [-0.4, -0.2) is 54.4 Å². The number of nitrogens with zero attached hydrogens (tertiary/aromatic N) is 1. The van der Waals surface area contributed by atoms with Crippen LogP contribution >= 0.6 is 0 Å². The minimum absolute atomic E-state index is 0.0571. The van der Waals surface area contributed by atoms with E-state index in [-0.39, 0.29) is 18.9 Å². The van der Waals surface area contributed by atoms with Gasteiger partial charge in [-0.25, -0.2) is 4.79 Å². The third kappa shape index (κ3) is 4.77. The standard InChI is InChI=1S/C19H24N2O6/c1-2-25-18-14(11-16(22)27-18)20-17(23)15-9-6-10-21(15)19(24)26-12-13-7-4-3-5-8-13/h3-5,7-8,14-15,18H,2,6,9-12H2,1H3,(H,20,23)/t14-,15+,18?/m0/s1. The molecule has 3 rings (SSSR count). The van der Waals surface area contributed by atoms with E-state index in [1.807, 2.05) is 30.3 Å². The van der Waals surface area contributed by atoms with Crippen molar-refractivity contribution in [3.63, 3.8) is 0 Å². The lowest BCUT2D eigenvalue weighted by Gasteiger charge is -2.25. The molecule has 146 valence electrons. The number of esters is 1. The molecule has 1 aromatic rings. The van der Waals surface area contributed by atoms with Gasteiger partial charge in [-0.2, -0.15) is 0 Å². The number of carbonyl (C=O) groups excluding carboxylic acids is 3. The first-order valence-corrected chi connectivity index (χ1v) is 9.17. The zero-order valence-corrected chi connectivity index (χ0v) is 15.3. The molecule has 1 N–H and O–H groups in total. The highest BCUT2D eigenvalue weighted by atomic mass is 16.7. The van der Waals surface area contributed by atoms with Gasteiger partial charge in [0.2, 0.25) is 12.2 Å². The highest BCUT2D eigenvalue weighted by molar-refractivity contribution is 5.87. The maximum Gasteiger partial charge on any atom is 0.410 e. The summed E-state index contributed by atoms with van der Waals surface area (Å²) >= 11 is 0. The predicted molar refractivity (Wildman–Crippen MR) is 94.4 cm³/mol. The van der Waals surface area contributed by atoms with Gasteiger partial charge in [-0.05, 0) is 25.3 Å². The van der Waals surface area contributed by atoms with Gasteiger partial charge in [0.25, 0.3) is 0 Å². The SMILES string of the molecule is CCOC1OC(=O)C[C@@H]1NC(=O)[C@H]1CCCN1C(=O)OCc1ccccc1. The molecule has 2 saturated heterocycles. The third-order valence-corrected chi connectivity index (χ3v) is 4.62. The molecule has 0 aromatic heterocycles. The van der Waals surface area contributed by atoms with Crippen LogP contribution in [0.4, 0.5) is 4.79 Å². The molecule has 8 nitrogen and oxygen atoms in total. The van der Waals surface area contributed by atoms with Crippen LogP contribution in [0, 0.1) is 0 Å². The number of ether oxygens (including phenoxy) is 3. The molecule has 0 bridgehead atoms. The molecular formula is C19H24N2O6. The highest BCUT2D eigenvalue weighted by Crippen LogP contribution is 2.21. The van der Waals surface area contributed by atoms with Gasteiger partial charge in [-0.3, -0.25) is 14.5 Å². The van der Waals surface area contributed by atoms with Gasteiger partial charge in [0, 0.05) is 13.2 Å². The maximum atomic E-state index is 12.7. The number of nitrogens with one attached hydrogen (secondary N) is 1. The van der Waals surface area contributed by atoms with E-state index in [2.05, 4.69) is 5.32 Å². The summed E-state index contributed by atoms with van der Waals surface area (Å²) in [5.41, 5.74) is 0.882. The second-order valence-electron chi connectivity index (χ2n) is 6.52. The minimum Gasteiger partial charge on any atom is -0.445 e. The summed E-state index contributed by atoms with van der Waals surface area (Å²) in [6.07, 6.45) is 0.0188. The number of carbonyl (C=O) groups is 3. The summed E-state index contributed by atoms with van der Waals surface area (Å²) in [5, 5.41) is 2.79. The summed E-state index contributed by atoms with van der Waals surface area (Å²) in [4.78, 5) is 38.0. The second kappa shape index (κ2) is 8.85. The normalized spacial score (nSPS) is 24.6. The number of hydrogen-bond donors (Lipinski definition) is 1. The van der Waals surface area contributed by atoms with Gasteiger partial charge in [-0.1, -0.05) is 30.3 Å². The average molecular weight is 376 g/mol. The Morgan fingerprint density at radius 1 is 1.30 bits per heavy atom. The number of rotatable bonds is 6. The molecule has 2 aliphatic rings. The zero-order chi connectivity index (χ0) is 19.2. The van der Waals surface area contributed by atoms with Crippen molar-refractivity contribution in [3.8, 4) is 0 Å². The van der Waals surface area contributed by atoms with E-state index < -0.39 is 30.4 Å². The molecule has 0 spiro atoms. The van der Waals surface area contributed by atoms with E-state index in [1.54, 1.807) is 6.92 Å². The molecule has 0 saturated carbocycles. The van der Waals surface area contributed by atoms with Crippen molar-refractivity contribution in [3.05, 3.63) is 35.9 Å². The Bertz CT molecular complexity index is 680. The first-order chi connectivity index (χ1) is 13.1. The number of amides is 2. The molecule has 2 aliphatic heterocycles. The van der Waals surface area contributed by atoms with Crippen molar-refractivity contribution in [2.24, 2.45) is 0 Å². The second-order valence-corrected chi connectivity index (χ2v) is 6.52. The summed E-state index contributed by atoms with van der Waals surface area (Å²) in [5.74, 6) is -0.735. The fourth-order valence-corrected chi connectivity index (χ4v) is 3.31. The molecule has 1 unspecified atom stereocenters. The summed E-state index contributed by atoms with van der Waals surface area (Å²) < 4.78 is 15.7. The molecule has 2 amide bonds. The molecule has 0 aliphatic carbocycles. The number of likely N-dealkylation sites (tertiary alicyclic amines) is 1. The van der Waals surface area contributed by atoms with Crippen LogP contribution in [0.5, 0.6) is 0 Å². The summed E-state index contributed by atoms with van der Waals surface area (Å²) in [7, 11) is 0. The smallest absolute Gasteiger partial charge is 0.410 e. The quantitative estimate of drug-likeness (QED) is 0.758. The van der Waals surface area contributed by atoms with Gasteiger partial charge in [0.15, 0.2) is 0 Å². The maximum absolute atomic E-state index is 12.7. The Morgan fingerprint density at radius 2 is 2.07 bits per heavy atom. The van der Waals surface area contributed by atoms with Gasteiger partial charge < -0.3 is 19.5 Å². The average Bonchev–Trinajstić information content (AvgIpc) is 3.28. The van der Waals surface area contributed by atoms with Crippen LogP contribution in [0.2, 0.25) is 0 Å². The molecule has 3 atom stereocenters. The van der Waals surface area contributed by atoms with E-state index in [0.717, 1.165) is 5.56 Å². The fourth-order valence-electron chi connectivity index (χ4n) is 3.31. The zero-order valence-electron chi connectivity index (χ0n) is 15.3. The van der Waals surface area contributed by atoms with E-state index in [1.165, 1.54) is 4.90 Å². The molecule has 2 fully saturated rings. The fraction of sp³-hybridized carbons (Fsp3) is 0.526. The molecule has 27 heavy (non-hydrogen) atoms. The molecule has 2 heterocycles. The van der Waals surface area contributed by atoms with Crippen LogP contribution in [0.3, 0.4) is 0 Å². The van der Waals surface area contributed by atoms with Crippen LogP contribution in [-0.2, 0) is 30.4 Å². The Hall–Kier alpha value is -2.61. The third-order valence-electron chi connectivity index (χ3n) is 4.62. The molecule has 8 heteroatoms. The number of hydrogen-bond acceptors (Lipinski definition) is 6. The van der Waals surface area contributed by atoms with Crippen molar-refractivity contribution >= 4 is 18.0 Å². The van der Waals surface area contributed by atoms with Crippen molar-refractivity contribution in [2.45, 2.75) is 51.2 Å². The first kappa shape index (κ1) is 19.2. The van der Waals surface area contributed by atoms with Gasteiger partial charge >= 0.3 is 12.1 Å². The topological polar surface area (TPSA) is 94.2 Å². The van der Waals surface area contributed by atoms with Crippen molar-refractivity contribution < 1.29 is 28.6 Å². The van der Waals surface area contributed by atoms with Crippen LogP contribution in [0.25, 0.3) is 0 Å². The van der Waals surface area contributed by atoms with Gasteiger partial charge in [0.05, 0.1) is 6.42 Å². The lowest BCUT2D eigenvalue weighted by atomic mass is 10.1. The van der Waals surface area contributed by atoms with Crippen LogP contribution < -0.4 is 5.32 Å². The Morgan fingerprint density at radius 3 is 2.81 bits per heavy atom. The monoisotopic (exact) mass is 376 g/mol. The summed E-state index contributed by atoms with van der Waals surface area (Å²) in [6.45, 7) is 2.76. The van der Waals surface area contributed by atoms with E-state index in [9.17, 15) is 14.4 Å². The van der Waals surface area contributed by atoms with Gasteiger partial charge in [0.1, 0.15) is 18.7 Å². The number of benzene rings is 1. The highest BCUT2D eigenvalue weighted by Gasteiger charge is 2.41. The number of cyclic esters (lactones) is 1. The largest absolute Gasteiger partial charge is 0.445 e. The molecule has 1 aromatic carbocycles. The van der Waals surface area contributed by atoms with E-state index >= 15 is 0 Å². The van der Waals surface area contributed by atoms with Crippen LogP contribution in [0.15, 0.2) is 30.3 Å². The van der Waals surface area contributed by atoms with Crippen molar-refractivity contribution in [1.29, 1.82) is 0 Å². The van der Waals surface area contributed by atoms with Crippen molar-refractivity contribution in [2.75, 3.05) is 13.2 Å². The Kier molecular flexibility index (Phi) is 6.28.